The minimum Gasteiger partial charge on any atom is -0.489 e. The Kier molecular flexibility index (Phi) is 4.39. The lowest BCUT2D eigenvalue weighted by molar-refractivity contribution is -0.393. The SMILES string of the molecule is CC(=O)Nc1c([N+](=O)[O-])cc2c(c1[N+](=O)[O-])OCCCCO2. The van der Waals surface area contributed by atoms with Crippen LogP contribution in [0.15, 0.2) is 6.07 Å². The van der Waals surface area contributed by atoms with Gasteiger partial charge in [0.25, 0.3) is 0 Å². The number of rotatable bonds is 3. The number of ether oxygens (including phenoxy) is 2. The van der Waals surface area contributed by atoms with E-state index in [1.807, 2.05) is 0 Å². The van der Waals surface area contributed by atoms with Gasteiger partial charge in [0.15, 0.2) is 5.75 Å². The summed E-state index contributed by atoms with van der Waals surface area (Å²) >= 11 is 0. The average Bonchev–Trinajstić information content (AvgIpc) is 2.38. The predicted molar refractivity (Wildman–Crippen MR) is 74.3 cm³/mol. The third kappa shape index (κ3) is 3.05. The molecule has 0 fully saturated rings. The number of carbonyl (C=O) groups is 1. The van der Waals surface area contributed by atoms with E-state index in [4.69, 9.17) is 9.47 Å². The minimum absolute atomic E-state index is 0.0767. The number of nitro benzene ring substituents is 2. The maximum atomic E-state index is 11.3. The van der Waals surface area contributed by atoms with Crippen LogP contribution in [-0.2, 0) is 4.79 Å². The number of nitro groups is 2. The van der Waals surface area contributed by atoms with Crippen LogP contribution in [0.1, 0.15) is 19.8 Å². The molecule has 1 amide bonds. The van der Waals surface area contributed by atoms with E-state index in [-0.39, 0.29) is 24.7 Å². The highest BCUT2D eigenvalue weighted by Gasteiger charge is 2.35. The molecule has 0 aliphatic carbocycles. The molecule has 0 saturated carbocycles. The third-order valence-electron chi connectivity index (χ3n) is 2.92. The van der Waals surface area contributed by atoms with Crippen LogP contribution in [0.25, 0.3) is 0 Å². The van der Waals surface area contributed by atoms with E-state index in [2.05, 4.69) is 5.32 Å². The normalized spacial score (nSPS) is 13.7. The fraction of sp³-hybridized carbons (Fsp3) is 0.417. The Morgan fingerprint density at radius 3 is 2.36 bits per heavy atom. The summed E-state index contributed by atoms with van der Waals surface area (Å²) in [6, 6.07) is 1.03. The van der Waals surface area contributed by atoms with Crippen LogP contribution in [0, 0.1) is 20.2 Å². The summed E-state index contributed by atoms with van der Waals surface area (Å²) in [5.74, 6) is -0.954. The molecule has 2 rings (SSSR count). The zero-order chi connectivity index (χ0) is 16.3. The van der Waals surface area contributed by atoms with Crippen molar-refractivity contribution in [3.05, 3.63) is 26.3 Å². The second-order valence-electron chi connectivity index (χ2n) is 4.55. The zero-order valence-corrected chi connectivity index (χ0v) is 11.7. The number of fused-ring (bicyclic) bond motifs is 1. The van der Waals surface area contributed by atoms with Crippen molar-refractivity contribution >= 4 is 23.0 Å². The Morgan fingerprint density at radius 2 is 1.82 bits per heavy atom. The fourth-order valence-electron chi connectivity index (χ4n) is 2.04. The summed E-state index contributed by atoms with van der Waals surface area (Å²) in [7, 11) is 0. The summed E-state index contributed by atoms with van der Waals surface area (Å²) in [4.78, 5) is 32.1. The van der Waals surface area contributed by atoms with Gasteiger partial charge in [0.1, 0.15) is 0 Å². The second kappa shape index (κ2) is 6.24. The Labute approximate surface area is 124 Å². The summed E-state index contributed by atoms with van der Waals surface area (Å²) in [5.41, 5.74) is -1.81. The van der Waals surface area contributed by atoms with E-state index >= 15 is 0 Å². The monoisotopic (exact) mass is 311 g/mol. The predicted octanol–water partition coefficient (Wildman–Crippen LogP) is 2.01. The van der Waals surface area contributed by atoms with Gasteiger partial charge in [0, 0.05) is 6.92 Å². The number of amides is 1. The largest absolute Gasteiger partial charge is 0.489 e. The molecule has 0 aromatic heterocycles. The number of hydrogen-bond acceptors (Lipinski definition) is 7. The van der Waals surface area contributed by atoms with Crippen LogP contribution >= 0.6 is 0 Å². The lowest BCUT2D eigenvalue weighted by Crippen LogP contribution is -2.14. The van der Waals surface area contributed by atoms with Crippen LogP contribution in [0.2, 0.25) is 0 Å². The Hall–Kier alpha value is -2.91. The first-order chi connectivity index (χ1) is 10.4. The van der Waals surface area contributed by atoms with Gasteiger partial charge in [-0.3, -0.25) is 25.0 Å². The molecular weight excluding hydrogens is 298 g/mol. The van der Waals surface area contributed by atoms with Crippen molar-refractivity contribution in [1.29, 1.82) is 0 Å². The first kappa shape index (κ1) is 15.5. The highest BCUT2D eigenvalue weighted by molar-refractivity contribution is 5.96. The molecule has 1 N–H and O–H groups in total. The van der Waals surface area contributed by atoms with E-state index in [9.17, 15) is 25.0 Å². The van der Waals surface area contributed by atoms with Crippen molar-refractivity contribution in [3.8, 4) is 11.5 Å². The van der Waals surface area contributed by atoms with Gasteiger partial charge in [-0.05, 0) is 12.8 Å². The van der Waals surface area contributed by atoms with Gasteiger partial charge in [-0.25, -0.2) is 0 Å². The molecule has 0 spiro atoms. The number of benzene rings is 1. The van der Waals surface area contributed by atoms with Crippen LogP contribution in [0.4, 0.5) is 17.1 Å². The molecule has 0 bridgehead atoms. The molecule has 1 aliphatic rings. The quantitative estimate of drug-likeness (QED) is 0.666. The minimum atomic E-state index is -0.831. The first-order valence-electron chi connectivity index (χ1n) is 6.44. The highest BCUT2D eigenvalue weighted by Crippen LogP contribution is 2.48. The van der Waals surface area contributed by atoms with E-state index in [0.717, 1.165) is 13.0 Å². The van der Waals surface area contributed by atoms with Crippen molar-refractivity contribution in [2.24, 2.45) is 0 Å². The molecular formula is C12H13N3O7. The van der Waals surface area contributed by atoms with Crippen molar-refractivity contribution in [2.75, 3.05) is 18.5 Å². The lowest BCUT2D eigenvalue weighted by atomic mass is 10.1. The maximum Gasteiger partial charge on any atom is 0.345 e. The summed E-state index contributed by atoms with van der Waals surface area (Å²) in [6.45, 7) is 1.58. The molecule has 22 heavy (non-hydrogen) atoms. The molecule has 1 aromatic carbocycles. The number of anilines is 1. The number of hydrogen-bond donors (Lipinski definition) is 1. The Balaban J connectivity index is 2.73. The van der Waals surface area contributed by atoms with Crippen molar-refractivity contribution in [1.82, 2.24) is 0 Å². The molecule has 0 radical (unpaired) electrons. The molecule has 10 heteroatoms. The van der Waals surface area contributed by atoms with Gasteiger partial charge in [-0.15, -0.1) is 0 Å². The van der Waals surface area contributed by atoms with Crippen molar-refractivity contribution in [2.45, 2.75) is 19.8 Å². The number of nitrogens with zero attached hydrogens (tertiary/aromatic N) is 2. The standard InChI is InChI=1S/C12H13N3O7/c1-7(16)13-10-8(14(17)18)6-9-12(11(10)15(19)20)22-5-3-2-4-21-9/h6H,2-5H2,1H3,(H,13,16). The summed E-state index contributed by atoms with van der Waals surface area (Å²) < 4.78 is 10.7. The Bertz CT molecular complexity index is 644. The van der Waals surface area contributed by atoms with E-state index < -0.39 is 32.8 Å². The van der Waals surface area contributed by atoms with Crippen molar-refractivity contribution in [3.63, 3.8) is 0 Å². The lowest BCUT2D eigenvalue weighted by Gasteiger charge is -2.17. The molecule has 1 aliphatic heterocycles. The Morgan fingerprint density at radius 1 is 1.18 bits per heavy atom. The summed E-state index contributed by atoms with van der Waals surface area (Å²) in [5, 5.41) is 24.6. The van der Waals surface area contributed by atoms with Gasteiger partial charge in [-0.2, -0.15) is 0 Å². The van der Waals surface area contributed by atoms with Gasteiger partial charge >= 0.3 is 11.4 Å². The molecule has 118 valence electrons. The molecule has 1 aromatic rings. The first-order valence-corrected chi connectivity index (χ1v) is 6.44. The maximum absolute atomic E-state index is 11.3. The highest BCUT2D eigenvalue weighted by atomic mass is 16.6. The van der Waals surface area contributed by atoms with E-state index in [0.29, 0.717) is 12.8 Å². The molecule has 0 atom stereocenters. The topological polar surface area (TPSA) is 134 Å². The third-order valence-corrected chi connectivity index (χ3v) is 2.92. The zero-order valence-electron chi connectivity index (χ0n) is 11.7. The molecule has 0 unspecified atom stereocenters. The van der Waals surface area contributed by atoms with Crippen LogP contribution in [-0.4, -0.2) is 29.0 Å². The molecule has 0 saturated heterocycles. The van der Waals surface area contributed by atoms with Crippen LogP contribution in [0.3, 0.4) is 0 Å². The van der Waals surface area contributed by atoms with Crippen LogP contribution < -0.4 is 14.8 Å². The van der Waals surface area contributed by atoms with E-state index in [1.165, 1.54) is 0 Å². The number of nitrogens with one attached hydrogen (secondary N) is 1. The van der Waals surface area contributed by atoms with Gasteiger partial charge < -0.3 is 14.8 Å². The summed E-state index contributed by atoms with van der Waals surface area (Å²) in [6.07, 6.45) is 1.29. The van der Waals surface area contributed by atoms with Crippen LogP contribution in [0.5, 0.6) is 11.5 Å². The molecule has 10 nitrogen and oxygen atoms in total. The van der Waals surface area contributed by atoms with Gasteiger partial charge in [0.05, 0.1) is 29.1 Å². The second-order valence-corrected chi connectivity index (χ2v) is 4.55. The average molecular weight is 311 g/mol. The van der Waals surface area contributed by atoms with Gasteiger partial charge in [0.2, 0.25) is 17.3 Å². The van der Waals surface area contributed by atoms with Crippen molar-refractivity contribution < 1.29 is 24.1 Å². The van der Waals surface area contributed by atoms with Gasteiger partial charge in [-0.1, -0.05) is 0 Å². The fourth-order valence-corrected chi connectivity index (χ4v) is 2.04. The number of carbonyl (C=O) groups excluding carboxylic acids is 1. The van der Waals surface area contributed by atoms with E-state index in [1.54, 1.807) is 0 Å². The smallest absolute Gasteiger partial charge is 0.345 e. The molecule has 1 heterocycles.